The van der Waals surface area contributed by atoms with Crippen molar-refractivity contribution in [2.24, 2.45) is 0 Å². The second-order valence-corrected chi connectivity index (χ2v) is 7.48. The number of carbonyl (C=O) groups is 2. The van der Waals surface area contributed by atoms with E-state index in [1.54, 1.807) is 43.3 Å². The lowest BCUT2D eigenvalue weighted by atomic mass is 9.99. The number of rotatable bonds is 4. The molecule has 3 heterocycles. The molecule has 2 aromatic heterocycles. The summed E-state index contributed by atoms with van der Waals surface area (Å²) in [5.74, 6) is 0.209. The van der Waals surface area contributed by atoms with Gasteiger partial charge in [-0.15, -0.1) is 10.2 Å². The highest BCUT2D eigenvalue weighted by molar-refractivity contribution is 6.33. The number of urea groups is 1. The minimum atomic E-state index is -1.33. The minimum absolute atomic E-state index is 0.113. The quantitative estimate of drug-likeness (QED) is 0.497. The molecule has 1 aliphatic heterocycles. The average Bonchev–Trinajstić information content (AvgIpc) is 3.43. The zero-order chi connectivity index (χ0) is 20.9. The fourth-order valence-electron chi connectivity index (χ4n) is 3.43. The molecule has 150 valence electrons. The molecule has 0 spiro atoms. The third kappa shape index (κ3) is 2.84. The molecule has 8 nitrogen and oxygen atoms in total. The molecule has 30 heavy (non-hydrogen) atoms. The van der Waals surface area contributed by atoms with E-state index in [0.29, 0.717) is 21.9 Å². The van der Waals surface area contributed by atoms with Crippen LogP contribution in [0.25, 0.3) is 22.4 Å². The molecular formula is C21H15ClN4O4. The zero-order valence-corrected chi connectivity index (χ0v) is 16.5. The summed E-state index contributed by atoms with van der Waals surface area (Å²) in [6, 6.07) is 15.6. The van der Waals surface area contributed by atoms with Gasteiger partial charge in [0.2, 0.25) is 11.8 Å². The summed E-state index contributed by atoms with van der Waals surface area (Å²) in [7, 11) is 0. The maximum absolute atomic E-state index is 13.1. The van der Waals surface area contributed by atoms with E-state index in [1.807, 2.05) is 18.2 Å². The van der Waals surface area contributed by atoms with E-state index >= 15 is 0 Å². The van der Waals surface area contributed by atoms with Crippen LogP contribution in [0, 0.1) is 0 Å². The van der Waals surface area contributed by atoms with E-state index in [9.17, 15) is 9.59 Å². The Kier molecular flexibility index (Phi) is 4.11. The Labute approximate surface area is 175 Å². The Hall–Kier alpha value is -3.65. The van der Waals surface area contributed by atoms with Gasteiger partial charge in [-0.1, -0.05) is 41.9 Å². The van der Waals surface area contributed by atoms with Crippen LogP contribution in [0.3, 0.4) is 0 Å². The Balaban J connectivity index is 1.42. The van der Waals surface area contributed by atoms with E-state index in [4.69, 9.17) is 20.4 Å². The first-order valence-corrected chi connectivity index (χ1v) is 9.54. The summed E-state index contributed by atoms with van der Waals surface area (Å²) in [6.45, 7) is 1.44. The molecule has 0 aliphatic carbocycles. The first-order valence-electron chi connectivity index (χ1n) is 9.16. The number of para-hydroxylation sites is 1. The van der Waals surface area contributed by atoms with Crippen molar-refractivity contribution in [3.8, 4) is 11.5 Å². The Bertz CT molecular complexity index is 1260. The van der Waals surface area contributed by atoms with Crippen molar-refractivity contribution >= 4 is 34.5 Å². The zero-order valence-electron chi connectivity index (χ0n) is 15.8. The molecule has 2 aromatic carbocycles. The van der Waals surface area contributed by atoms with Gasteiger partial charge in [-0.05, 0) is 31.2 Å². The van der Waals surface area contributed by atoms with Crippen molar-refractivity contribution in [1.82, 2.24) is 20.4 Å². The van der Waals surface area contributed by atoms with Crippen LogP contribution in [0.5, 0.6) is 0 Å². The van der Waals surface area contributed by atoms with Gasteiger partial charge in [-0.25, -0.2) is 4.79 Å². The summed E-state index contributed by atoms with van der Waals surface area (Å²) in [5, 5.41) is 11.9. The van der Waals surface area contributed by atoms with Crippen LogP contribution >= 0.6 is 11.6 Å². The number of nitrogens with zero attached hydrogens (tertiary/aromatic N) is 3. The monoisotopic (exact) mass is 422 g/mol. The maximum atomic E-state index is 13.1. The lowest BCUT2D eigenvalue weighted by Gasteiger charge is -2.18. The highest BCUT2D eigenvalue weighted by Crippen LogP contribution is 2.34. The van der Waals surface area contributed by atoms with Crippen molar-refractivity contribution in [3.63, 3.8) is 0 Å². The van der Waals surface area contributed by atoms with Gasteiger partial charge >= 0.3 is 6.03 Å². The van der Waals surface area contributed by atoms with Crippen molar-refractivity contribution in [3.05, 3.63) is 71.3 Å². The average molecular weight is 423 g/mol. The van der Waals surface area contributed by atoms with Crippen molar-refractivity contribution < 1.29 is 18.4 Å². The lowest BCUT2D eigenvalue weighted by Crippen LogP contribution is -2.40. The topological polar surface area (TPSA) is 101 Å². The smallest absolute Gasteiger partial charge is 0.325 e. The van der Waals surface area contributed by atoms with E-state index in [-0.39, 0.29) is 18.3 Å². The van der Waals surface area contributed by atoms with Gasteiger partial charge in [-0.2, -0.15) is 0 Å². The van der Waals surface area contributed by atoms with E-state index in [1.165, 1.54) is 0 Å². The van der Waals surface area contributed by atoms with Crippen LogP contribution in [0.4, 0.5) is 4.79 Å². The Morgan fingerprint density at radius 3 is 2.63 bits per heavy atom. The summed E-state index contributed by atoms with van der Waals surface area (Å²) in [6.07, 6.45) is 0. The van der Waals surface area contributed by atoms with Crippen LogP contribution in [0.1, 0.15) is 18.6 Å². The van der Waals surface area contributed by atoms with Crippen LogP contribution < -0.4 is 5.32 Å². The minimum Gasteiger partial charge on any atom is -0.458 e. The summed E-state index contributed by atoms with van der Waals surface area (Å²) < 4.78 is 11.4. The van der Waals surface area contributed by atoms with E-state index in [2.05, 4.69) is 15.5 Å². The summed E-state index contributed by atoms with van der Waals surface area (Å²) in [4.78, 5) is 26.7. The Morgan fingerprint density at radius 2 is 1.83 bits per heavy atom. The first kappa shape index (κ1) is 18.4. The Morgan fingerprint density at radius 1 is 1.07 bits per heavy atom. The molecule has 5 rings (SSSR count). The number of carbonyl (C=O) groups excluding carboxylic acids is 2. The first-order chi connectivity index (χ1) is 14.5. The number of fused-ring (bicyclic) bond motifs is 1. The number of furan rings is 1. The van der Waals surface area contributed by atoms with E-state index < -0.39 is 17.5 Å². The molecule has 1 fully saturated rings. The molecule has 1 atom stereocenters. The molecule has 1 unspecified atom stereocenters. The van der Waals surface area contributed by atoms with Crippen molar-refractivity contribution in [1.29, 1.82) is 0 Å². The van der Waals surface area contributed by atoms with Crippen LogP contribution in [-0.4, -0.2) is 27.0 Å². The summed E-state index contributed by atoms with van der Waals surface area (Å²) in [5.41, 5.74) is -0.125. The number of halogens is 1. The fraction of sp³-hybridized carbons (Fsp3) is 0.143. The number of hydrogen-bond acceptors (Lipinski definition) is 6. The van der Waals surface area contributed by atoms with Crippen molar-refractivity contribution in [2.45, 2.75) is 19.0 Å². The lowest BCUT2D eigenvalue weighted by molar-refractivity contribution is -0.132. The van der Waals surface area contributed by atoms with Gasteiger partial charge in [0.1, 0.15) is 17.9 Å². The third-order valence-electron chi connectivity index (χ3n) is 5.06. The van der Waals surface area contributed by atoms with Gasteiger partial charge in [0.15, 0.2) is 5.54 Å². The molecule has 1 aliphatic rings. The number of hydrogen-bond donors (Lipinski definition) is 1. The molecule has 3 amide bonds. The number of amides is 3. The molecule has 0 bridgehead atoms. The number of nitrogens with one attached hydrogen (secondary N) is 1. The van der Waals surface area contributed by atoms with Crippen LogP contribution in [0.15, 0.2) is 63.4 Å². The second-order valence-electron chi connectivity index (χ2n) is 7.08. The number of benzene rings is 2. The third-order valence-corrected chi connectivity index (χ3v) is 5.39. The van der Waals surface area contributed by atoms with Crippen LogP contribution in [0.2, 0.25) is 5.02 Å². The van der Waals surface area contributed by atoms with Gasteiger partial charge in [0, 0.05) is 5.39 Å². The standard InChI is InChI=1S/C21H15ClN4O4/c1-21(16-10-12-6-2-5-9-15(12)29-16)19(27)26(20(28)23-21)11-17-24-25-18(30-17)13-7-3-4-8-14(13)22/h2-10H,11H2,1H3,(H,23,28). The molecule has 0 saturated carbocycles. The SMILES string of the molecule is CC1(c2cc3ccccc3o2)NC(=O)N(Cc2nnc(-c3ccccc3Cl)o2)C1=O. The number of imide groups is 1. The normalized spacial score (nSPS) is 18.9. The molecule has 1 N–H and O–H groups in total. The molecule has 4 aromatic rings. The van der Waals surface area contributed by atoms with Crippen molar-refractivity contribution in [2.75, 3.05) is 0 Å². The predicted molar refractivity (Wildman–Crippen MR) is 107 cm³/mol. The molecular weight excluding hydrogens is 408 g/mol. The highest BCUT2D eigenvalue weighted by atomic mass is 35.5. The number of aromatic nitrogens is 2. The molecule has 9 heteroatoms. The van der Waals surface area contributed by atoms with Gasteiger partial charge < -0.3 is 14.2 Å². The van der Waals surface area contributed by atoms with Crippen LogP contribution in [-0.2, 0) is 16.9 Å². The second kappa shape index (κ2) is 6.70. The fourth-order valence-corrected chi connectivity index (χ4v) is 3.65. The predicted octanol–water partition coefficient (Wildman–Crippen LogP) is 4.10. The van der Waals surface area contributed by atoms with E-state index in [0.717, 1.165) is 10.3 Å². The summed E-state index contributed by atoms with van der Waals surface area (Å²) >= 11 is 6.16. The molecule has 1 saturated heterocycles. The highest BCUT2D eigenvalue weighted by Gasteiger charge is 2.51. The maximum Gasteiger partial charge on any atom is 0.325 e. The van der Waals surface area contributed by atoms with Gasteiger partial charge in [0.25, 0.3) is 5.91 Å². The molecule has 0 radical (unpaired) electrons. The van der Waals surface area contributed by atoms with Gasteiger partial charge in [0.05, 0.1) is 10.6 Å². The van der Waals surface area contributed by atoms with Gasteiger partial charge in [-0.3, -0.25) is 9.69 Å². The largest absolute Gasteiger partial charge is 0.458 e.